The summed E-state index contributed by atoms with van der Waals surface area (Å²) < 4.78 is 38.8. The average molecular weight is 414 g/mol. The zero-order chi connectivity index (χ0) is 21.1. The summed E-state index contributed by atoms with van der Waals surface area (Å²) in [5.41, 5.74) is 3.19. The third-order valence-electron chi connectivity index (χ3n) is 5.89. The van der Waals surface area contributed by atoms with Crippen LogP contribution in [-0.2, 0) is 17.4 Å². The number of hydrogen-bond acceptors (Lipinski definition) is 2. The third kappa shape index (κ3) is 4.59. The van der Waals surface area contributed by atoms with E-state index in [9.17, 15) is 18.0 Å². The summed E-state index contributed by atoms with van der Waals surface area (Å²) in [5, 5.41) is 0. The van der Waals surface area contributed by atoms with Gasteiger partial charge in [-0.05, 0) is 60.7 Å². The molecule has 2 aliphatic heterocycles. The Bertz CT molecular complexity index is 951. The van der Waals surface area contributed by atoms with Crippen molar-refractivity contribution >= 4 is 17.2 Å². The molecule has 0 aromatic heterocycles. The van der Waals surface area contributed by atoms with Gasteiger partial charge in [-0.3, -0.25) is 9.69 Å². The van der Waals surface area contributed by atoms with E-state index >= 15 is 0 Å². The van der Waals surface area contributed by atoms with Crippen LogP contribution in [-0.4, -0.2) is 37.0 Å². The minimum atomic E-state index is -4.31. The number of para-hydroxylation sites is 1. The molecule has 0 radical (unpaired) electrons. The number of benzene rings is 2. The fourth-order valence-electron chi connectivity index (χ4n) is 4.24. The zero-order valence-electron chi connectivity index (χ0n) is 16.8. The highest BCUT2D eigenvalue weighted by Crippen LogP contribution is 2.32. The molecule has 0 bridgehead atoms. The third-order valence-corrected chi connectivity index (χ3v) is 5.89. The van der Waals surface area contributed by atoms with Crippen LogP contribution in [0.25, 0.3) is 5.57 Å². The molecule has 0 unspecified atom stereocenters. The van der Waals surface area contributed by atoms with Crippen molar-refractivity contribution in [3.05, 3.63) is 71.3 Å². The molecular weight excluding hydrogens is 389 g/mol. The van der Waals surface area contributed by atoms with Gasteiger partial charge in [-0.15, -0.1) is 0 Å². The molecule has 30 heavy (non-hydrogen) atoms. The van der Waals surface area contributed by atoms with E-state index in [-0.39, 0.29) is 5.91 Å². The minimum absolute atomic E-state index is 0.169. The fourth-order valence-corrected chi connectivity index (χ4v) is 4.24. The molecule has 0 N–H and O–H groups in total. The van der Waals surface area contributed by atoms with E-state index < -0.39 is 11.7 Å². The van der Waals surface area contributed by atoms with Crippen molar-refractivity contribution in [2.24, 2.45) is 0 Å². The van der Waals surface area contributed by atoms with Crippen LogP contribution in [0.15, 0.2) is 54.6 Å². The smallest absolute Gasteiger partial charge is 0.312 e. The van der Waals surface area contributed by atoms with Crippen molar-refractivity contribution in [1.82, 2.24) is 4.90 Å². The molecule has 0 aliphatic carbocycles. The number of nitrogens with zero attached hydrogens (tertiary/aromatic N) is 2. The van der Waals surface area contributed by atoms with E-state index in [1.807, 2.05) is 35.2 Å². The monoisotopic (exact) mass is 414 g/mol. The summed E-state index contributed by atoms with van der Waals surface area (Å²) >= 11 is 0. The lowest BCUT2D eigenvalue weighted by molar-refractivity contribution is -0.137. The second kappa shape index (κ2) is 8.64. The molecule has 2 aromatic carbocycles. The average Bonchev–Trinajstić information content (AvgIpc) is 3.06. The number of carbonyl (C=O) groups is 1. The molecule has 2 aromatic rings. The largest absolute Gasteiger partial charge is 0.416 e. The minimum Gasteiger partial charge on any atom is -0.312 e. The van der Waals surface area contributed by atoms with Gasteiger partial charge in [0.2, 0.25) is 5.91 Å². The highest BCUT2D eigenvalue weighted by Gasteiger charge is 2.30. The van der Waals surface area contributed by atoms with Crippen LogP contribution in [0.1, 0.15) is 36.0 Å². The van der Waals surface area contributed by atoms with E-state index in [1.165, 1.54) is 12.1 Å². The quantitative estimate of drug-likeness (QED) is 0.610. The lowest BCUT2D eigenvalue weighted by Gasteiger charge is -2.27. The van der Waals surface area contributed by atoms with Gasteiger partial charge in [0.05, 0.1) is 12.0 Å². The maximum atomic E-state index is 12.9. The Labute approximate surface area is 174 Å². The van der Waals surface area contributed by atoms with Gasteiger partial charge in [0.25, 0.3) is 0 Å². The molecule has 158 valence electrons. The predicted octanol–water partition coefficient (Wildman–Crippen LogP) is 5.16. The van der Waals surface area contributed by atoms with Crippen molar-refractivity contribution < 1.29 is 18.0 Å². The maximum Gasteiger partial charge on any atom is 0.416 e. The van der Waals surface area contributed by atoms with Gasteiger partial charge in [-0.1, -0.05) is 36.4 Å². The lowest BCUT2D eigenvalue weighted by atomic mass is 9.97. The summed E-state index contributed by atoms with van der Waals surface area (Å²) in [6, 6.07) is 13.5. The van der Waals surface area contributed by atoms with Crippen LogP contribution in [0.4, 0.5) is 18.9 Å². The number of anilines is 1. The number of fused-ring (bicyclic) bond motifs is 1. The van der Waals surface area contributed by atoms with Crippen LogP contribution in [0.3, 0.4) is 0 Å². The van der Waals surface area contributed by atoms with Crippen LogP contribution in [0, 0.1) is 0 Å². The first kappa shape index (κ1) is 20.7. The highest BCUT2D eigenvalue weighted by molar-refractivity contribution is 6.01. The number of halogens is 3. The molecule has 1 amide bonds. The Morgan fingerprint density at radius 2 is 1.77 bits per heavy atom. The predicted molar refractivity (Wildman–Crippen MR) is 112 cm³/mol. The number of alkyl halides is 3. The first-order chi connectivity index (χ1) is 14.4. The Kier molecular flexibility index (Phi) is 5.95. The van der Waals surface area contributed by atoms with E-state index in [2.05, 4.69) is 4.90 Å². The second-order valence-electron chi connectivity index (χ2n) is 7.92. The van der Waals surface area contributed by atoms with Gasteiger partial charge in [-0.25, -0.2) is 0 Å². The van der Waals surface area contributed by atoms with Gasteiger partial charge in [-0.2, -0.15) is 13.2 Å². The van der Waals surface area contributed by atoms with Crippen LogP contribution >= 0.6 is 0 Å². The summed E-state index contributed by atoms with van der Waals surface area (Å²) in [4.78, 5) is 16.4. The standard InChI is InChI=1S/C24H25F3N2O/c25-24(26,27)21-8-5-7-19(16-21)18-10-14-28(15-11-18)12-3-4-13-29-22-9-2-1-6-20(22)17-23(29)30/h1-2,5-10,16H,3-4,11-15,17H2. The van der Waals surface area contributed by atoms with Crippen LogP contribution in [0.2, 0.25) is 0 Å². The van der Waals surface area contributed by atoms with E-state index in [0.717, 1.165) is 68.3 Å². The number of amides is 1. The van der Waals surface area contributed by atoms with Crippen LogP contribution in [0.5, 0.6) is 0 Å². The molecule has 3 nitrogen and oxygen atoms in total. The van der Waals surface area contributed by atoms with E-state index in [1.54, 1.807) is 6.07 Å². The molecule has 6 heteroatoms. The SMILES string of the molecule is O=C1Cc2ccccc2N1CCCCN1CC=C(c2cccc(C(F)(F)F)c2)CC1. The highest BCUT2D eigenvalue weighted by atomic mass is 19.4. The van der Waals surface area contributed by atoms with Gasteiger partial charge >= 0.3 is 6.18 Å². The Morgan fingerprint density at radius 3 is 2.53 bits per heavy atom. The first-order valence-corrected chi connectivity index (χ1v) is 10.4. The van der Waals surface area contributed by atoms with Crippen molar-refractivity contribution in [3.63, 3.8) is 0 Å². The first-order valence-electron chi connectivity index (χ1n) is 10.4. The molecule has 2 heterocycles. The Morgan fingerprint density at radius 1 is 0.967 bits per heavy atom. The molecular formula is C24H25F3N2O. The fraction of sp³-hybridized carbons (Fsp3) is 0.375. The zero-order valence-corrected chi connectivity index (χ0v) is 16.8. The van der Waals surface area contributed by atoms with Crippen molar-refractivity contribution in [1.29, 1.82) is 0 Å². The van der Waals surface area contributed by atoms with Gasteiger partial charge < -0.3 is 4.90 Å². The summed E-state index contributed by atoms with van der Waals surface area (Å²) in [7, 11) is 0. The molecule has 0 saturated carbocycles. The Balaban J connectivity index is 1.26. The van der Waals surface area contributed by atoms with Gasteiger partial charge in [0.15, 0.2) is 0 Å². The van der Waals surface area contributed by atoms with Crippen molar-refractivity contribution in [2.45, 2.75) is 31.9 Å². The number of hydrogen-bond donors (Lipinski definition) is 0. The summed E-state index contributed by atoms with van der Waals surface area (Å²) in [5.74, 6) is 0.169. The van der Waals surface area contributed by atoms with Crippen LogP contribution < -0.4 is 4.90 Å². The molecule has 4 rings (SSSR count). The molecule has 2 aliphatic rings. The van der Waals surface area contributed by atoms with Gasteiger partial charge in [0, 0.05) is 25.3 Å². The molecule has 0 atom stereocenters. The topological polar surface area (TPSA) is 23.6 Å². The molecule has 0 spiro atoms. The molecule has 0 fully saturated rings. The maximum absolute atomic E-state index is 12.9. The lowest BCUT2D eigenvalue weighted by Crippen LogP contribution is -2.31. The summed E-state index contributed by atoms with van der Waals surface area (Å²) in [6.45, 7) is 3.25. The van der Waals surface area contributed by atoms with E-state index in [4.69, 9.17) is 0 Å². The number of rotatable bonds is 6. The number of carbonyl (C=O) groups excluding carboxylic acids is 1. The van der Waals surface area contributed by atoms with E-state index in [0.29, 0.717) is 12.0 Å². The van der Waals surface area contributed by atoms with Gasteiger partial charge in [0.1, 0.15) is 0 Å². The van der Waals surface area contributed by atoms with Crippen molar-refractivity contribution in [2.75, 3.05) is 31.1 Å². The number of unbranched alkanes of at least 4 members (excludes halogenated alkanes) is 1. The normalized spacial score (nSPS) is 17.2. The van der Waals surface area contributed by atoms with Crippen molar-refractivity contribution in [3.8, 4) is 0 Å². The summed E-state index contributed by atoms with van der Waals surface area (Å²) in [6.07, 6.45) is 0.887. The second-order valence-corrected chi connectivity index (χ2v) is 7.92. The molecule has 0 saturated heterocycles. The Hall–Kier alpha value is -2.60.